The minimum Gasteiger partial charge on any atom is -0.505 e. The SMILES string of the molecule is CN(C)C(=O)c1cccc(Nc2c(N=C(c3ccc[nH]3)C(F)(F)F)c(O)n(-c3ccccc3)c2O)c1O. The number of alkyl halides is 3. The molecule has 0 saturated heterocycles. The van der Waals surface area contributed by atoms with Gasteiger partial charge >= 0.3 is 6.18 Å². The molecule has 12 heteroatoms. The summed E-state index contributed by atoms with van der Waals surface area (Å²) in [6.45, 7) is 0. The number of carbonyl (C=O) groups is 1. The summed E-state index contributed by atoms with van der Waals surface area (Å²) >= 11 is 0. The van der Waals surface area contributed by atoms with Gasteiger partial charge in [0.15, 0.2) is 17.1 Å². The highest BCUT2D eigenvalue weighted by atomic mass is 19.4. The second-order valence-electron chi connectivity index (χ2n) is 8.11. The monoisotopic (exact) mass is 513 g/mol. The van der Waals surface area contributed by atoms with Crippen molar-refractivity contribution in [2.75, 3.05) is 19.4 Å². The quantitative estimate of drug-likeness (QED) is 0.182. The lowest BCUT2D eigenvalue weighted by atomic mass is 10.1. The molecule has 9 nitrogen and oxygen atoms in total. The van der Waals surface area contributed by atoms with Crippen LogP contribution in [0.3, 0.4) is 0 Å². The molecular formula is C25H22F3N5O4. The number of hydrogen-bond acceptors (Lipinski definition) is 6. The van der Waals surface area contributed by atoms with E-state index in [1.165, 1.54) is 61.6 Å². The van der Waals surface area contributed by atoms with Crippen LogP contribution in [-0.4, -0.2) is 61.7 Å². The molecule has 2 aromatic heterocycles. The number of nitrogens with one attached hydrogen (secondary N) is 2. The maximum absolute atomic E-state index is 14.0. The Morgan fingerprint density at radius 2 is 1.68 bits per heavy atom. The van der Waals surface area contributed by atoms with Gasteiger partial charge in [0.25, 0.3) is 5.91 Å². The summed E-state index contributed by atoms with van der Waals surface area (Å²) < 4.78 is 42.8. The first-order valence-corrected chi connectivity index (χ1v) is 10.8. The van der Waals surface area contributed by atoms with Crippen LogP contribution in [0, 0.1) is 0 Å². The topological polar surface area (TPSA) is 126 Å². The van der Waals surface area contributed by atoms with E-state index >= 15 is 0 Å². The molecule has 0 fully saturated rings. The molecule has 4 rings (SSSR count). The van der Waals surface area contributed by atoms with E-state index in [0.717, 1.165) is 10.6 Å². The molecule has 0 spiro atoms. The number of hydrogen-bond donors (Lipinski definition) is 5. The van der Waals surface area contributed by atoms with Crippen LogP contribution < -0.4 is 5.32 Å². The molecule has 0 aliphatic rings. The Morgan fingerprint density at radius 1 is 0.973 bits per heavy atom. The number of benzene rings is 2. The van der Waals surface area contributed by atoms with Crippen molar-refractivity contribution >= 4 is 28.7 Å². The number of aromatic hydroxyl groups is 3. The molecule has 37 heavy (non-hydrogen) atoms. The van der Waals surface area contributed by atoms with Gasteiger partial charge in [0.2, 0.25) is 11.8 Å². The highest BCUT2D eigenvalue weighted by Gasteiger charge is 2.39. The fourth-order valence-electron chi connectivity index (χ4n) is 3.64. The summed E-state index contributed by atoms with van der Waals surface area (Å²) in [4.78, 5) is 19.8. The number of aromatic nitrogens is 2. The molecule has 5 N–H and O–H groups in total. The highest BCUT2D eigenvalue weighted by molar-refractivity contribution is 6.06. The van der Waals surface area contributed by atoms with Crippen LogP contribution >= 0.6 is 0 Å². The van der Waals surface area contributed by atoms with Gasteiger partial charge in [-0.3, -0.25) is 4.79 Å². The highest BCUT2D eigenvalue weighted by Crippen LogP contribution is 2.49. The fourth-order valence-corrected chi connectivity index (χ4v) is 3.64. The Bertz CT molecular complexity index is 1460. The number of anilines is 2. The first-order chi connectivity index (χ1) is 17.5. The van der Waals surface area contributed by atoms with E-state index in [1.54, 1.807) is 18.2 Å². The number of rotatable bonds is 6. The number of nitrogens with zero attached hydrogens (tertiary/aromatic N) is 3. The van der Waals surface area contributed by atoms with Crippen molar-refractivity contribution in [3.05, 3.63) is 78.1 Å². The van der Waals surface area contributed by atoms with Crippen LogP contribution in [0.15, 0.2) is 71.9 Å². The second-order valence-corrected chi connectivity index (χ2v) is 8.11. The number of carbonyl (C=O) groups excluding carboxylic acids is 1. The van der Waals surface area contributed by atoms with Gasteiger partial charge in [0.1, 0.15) is 5.69 Å². The molecule has 0 unspecified atom stereocenters. The molecule has 0 aliphatic carbocycles. The van der Waals surface area contributed by atoms with E-state index in [9.17, 15) is 33.3 Å². The van der Waals surface area contributed by atoms with E-state index in [1.807, 2.05) is 0 Å². The molecule has 2 heterocycles. The van der Waals surface area contributed by atoms with Crippen molar-refractivity contribution < 1.29 is 33.3 Å². The predicted molar refractivity (Wildman–Crippen MR) is 132 cm³/mol. The third-order valence-corrected chi connectivity index (χ3v) is 5.39. The largest absolute Gasteiger partial charge is 0.505 e. The van der Waals surface area contributed by atoms with Crippen molar-refractivity contribution in [3.8, 4) is 23.2 Å². The second kappa shape index (κ2) is 9.64. The number of H-pyrrole nitrogens is 1. The third kappa shape index (κ3) is 4.81. The molecule has 0 saturated carbocycles. The standard InChI is InChI=1S/C25H22F3N5O4/c1-32(2)22(35)15-10-6-11-16(20(15)34)30-18-19(31-21(25(26,27)28)17-12-7-13-29-17)24(37)33(23(18)36)14-8-4-3-5-9-14/h3-13,29-30,34,36-37H,1-2H3. The Kier molecular flexibility index (Phi) is 6.58. The summed E-state index contributed by atoms with van der Waals surface area (Å²) in [5.74, 6) is -2.51. The molecule has 0 aliphatic heterocycles. The van der Waals surface area contributed by atoms with Gasteiger partial charge < -0.3 is 30.5 Å². The lowest BCUT2D eigenvalue weighted by molar-refractivity contribution is -0.0581. The lowest BCUT2D eigenvalue weighted by Gasteiger charge is -2.15. The molecule has 0 bridgehead atoms. The number of phenols is 1. The Hall–Kier alpha value is -4.87. The number of phenolic OH excluding ortho intramolecular Hbond substituents is 1. The van der Waals surface area contributed by atoms with E-state index in [-0.39, 0.29) is 22.6 Å². The fraction of sp³-hybridized carbons (Fsp3) is 0.120. The molecular weight excluding hydrogens is 491 g/mol. The van der Waals surface area contributed by atoms with Gasteiger partial charge in [-0.25, -0.2) is 9.56 Å². The van der Waals surface area contributed by atoms with Crippen LogP contribution in [0.1, 0.15) is 16.1 Å². The third-order valence-electron chi connectivity index (χ3n) is 5.39. The predicted octanol–water partition coefficient (Wildman–Crippen LogP) is 5.05. The first kappa shape index (κ1) is 25.2. The van der Waals surface area contributed by atoms with Crippen molar-refractivity contribution in [2.24, 2.45) is 4.99 Å². The number of halogens is 3. The van der Waals surface area contributed by atoms with Crippen LogP contribution in [-0.2, 0) is 0 Å². The maximum atomic E-state index is 14.0. The van der Waals surface area contributed by atoms with Gasteiger partial charge in [0, 0.05) is 20.3 Å². The Balaban J connectivity index is 1.95. The molecule has 2 aromatic carbocycles. The van der Waals surface area contributed by atoms with Crippen molar-refractivity contribution in [2.45, 2.75) is 6.18 Å². The summed E-state index contributed by atoms with van der Waals surface area (Å²) in [5.41, 5.74) is -2.78. The van der Waals surface area contributed by atoms with Crippen LogP contribution in [0.25, 0.3) is 5.69 Å². The average Bonchev–Trinajstić information content (AvgIpc) is 3.45. The number of amides is 1. The number of aromatic amines is 1. The summed E-state index contributed by atoms with van der Waals surface area (Å²) in [6.07, 6.45) is -3.65. The molecule has 0 atom stereocenters. The molecule has 192 valence electrons. The number of para-hydroxylation sites is 2. The average molecular weight is 513 g/mol. The normalized spacial score (nSPS) is 12.0. The number of aliphatic imine (C=N–C) groups is 1. The van der Waals surface area contributed by atoms with Gasteiger partial charge in [0.05, 0.1) is 22.6 Å². The van der Waals surface area contributed by atoms with E-state index in [2.05, 4.69) is 15.3 Å². The first-order valence-electron chi connectivity index (χ1n) is 10.8. The van der Waals surface area contributed by atoms with Gasteiger partial charge in [-0.05, 0) is 36.4 Å². The molecule has 4 aromatic rings. The summed E-state index contributed by atoms with van der Waals surface area (Å²) in [6, 6.07) is 14.6. The zero-order valence-electron chi connectivity index (χ0n) is 19.6. The van der Waals surface area contributed by atoms with Crippen molar-refractivity contribution in [1.29, 1.82) is 0 Å². The maximum Gasteiger partial charge on any atom is 0.435 e. The van der Waals surface area contributed by atoms with E-state index < -0.39 is 46.7 Å². The zero-order valence-corrected chi connectivity index (χ0v) is 19.6. The molecule has 0 radical (unpaired) electrons. The van der Waals surface area contributed by atoms with Crippen LogP contribution in [0.2, 0.25) is 0 Å². The van der Waals surface area contributed by atoms with Crippen LogP contribution in [0.4, 0.5) is 30.2 Å². The smallest absolute Gasteiger partial charge is 0.435 e. The van der Waals surface area contributed by atoms with Crippen molar-refractivity contribution in [3.63, 3.8) is 0 Å². The van der Waals surface area contributed by atoms with Gasteiger partial charge in [-0.2, -0.15) is 13.2 Å². The zero-order chi connectivity index (χ0) is 26.9. The van der Waals surface area contributed by atoms with E-state index in [4.69, 9.17) is 0 Å². The lowest BCUT2D eigenvalue weighted by Crippen LogP contribution is -2.24. The summed E-state index contributed by atoms with van der Waals surface area (Å²) in [5, 5.41) is 35.4. The van der Waals surface area contributed by atoms with Gasteiger partial charge in [-0.1, -0.05) is 24.3 Å². The molecule has 1 amide bonds. The Morgan fingerprint density at radius 3 is 2.27 bits per heavy atom. The van der Waals surface area contributed by atoms with Crippen LogP contribution in [0.5, 0.6) is 17.5 Å². The minimum absolute atomic E-state index is 0.0892. The van der Waals surface area contributed by atoms with Gasteiger partial charge in [-0.15, -0.1) is 0 Å². The summed E-state index contributed by atoms with van der Waals surface area (Å²) in [7, 11) is 2.97. The Labute approximate surface area is 208 Å². The minimum atomic E-state index is -4.93. The van der Waals surface area contributed by atoms with Crippen molar-refractivity contribution in [1.82, 2.24) is 14.5 Å². The van der Waals surface area contributed by atoms with E-state index in [0.29, 0.717) is 0 Å².